The lowest BCUT2D eigenvalue weighted by molar-refractivity contribution is -0.137. The first-order valence-electron chi connectivity index (χ1n) is 12.8. The van der Waals surface area contributed by atoms with Crippen molar-refractivity contribution in [3.8, 4) is 0 Å². The molecule has 7 nitrogen and oxygen atoms in total. The fourth-order valence-corrected chi connectivity index (χ4v) is 4.45. The number of hydrogen-bond acceptors (Lipinski definition) is 5. The predicted octanol–water partition coefficient (Wildman–Crippen LogP) is 5.09. The maximum atomic E-state index is 14.2. The largest absolute Gasteiger partial charge is 0.360 e. The molecule has 0 spiro atoms. The number of aromatic nitrogens is 1. The van der Waals surface area contributed by atoms with Gasteiger partial charge in [-0.1, -0.05) is 79.7 Å². The molecule has 0 saturated heterocycles. The van der Waals surface area contributed by atoms with E-state index < -0.39 is 5.92 Å². The summed E-state index contributed by atoms with van der Waals surface area (Å²) < 4.78 is 5.07. The van der Waals surface area contributed by atoms with Crippen molar-refractivity contribution in [2.45, 2.75) is 52.5 Å². The highest BCUT2D eigenvalue weighted by Crippen LogP contribution is 2.28. The number of hydrogen-bond donors (Lipinski definition) is 1. The zero-order valence-corrected chi connectivity index (χ0v) is 21.8. The summed E-state index contributed by atoms with van der Waals surface area (Å²) in [6.45, 7) is 11.0. The Balaban J connectivity index is 1.86. The third-order valence-electron chi connectivity index (χ3n) is 6.53. The van der Waals surface area contributed by atoms with E-state index in [4.69, 9.17) is 4.52 Å². The van der Waals surface area contributed by atoms with Crippen LogP contribution in [-0.4, -0.2) is 59.0 Å². The number of nitrogens with one attached hydrogen (secondary N) is 1. The number of carbonyl (C=O) groups is 2. The van der Waals surface area contributed by atoms with Crippen LogP contribution in [0.3, 0.4) is 0 Å². The van der Waals surface area contributed by atoms with Gasteiger partial charge in [-0.15, -0.1) is 0 Å². The topological polar surface area (TPSA) is 78.7 Å². The Labute approximate surface area is 214 Å². The van der Waals surface area contributed by atoms with E-state index in [1.165, 1.54) is 0 Å². The normalized spacial score (nSPS) is 12.1. The lowest BCUT2D eigenvalue weighted by Gasteiger charge is -2.33. The highest BCUT2D eigenvalue weighted by Gasteiger charge is 2.31. The molecular weight excluding hydrogens is 452 g/mol. The fourth-order valence-electron chi connectivity index (χ4n) is 4.45. The zero-order valence-electron chi connectivity index (χ0n) is 21.8. The van der Waals surface area contributed by atoms with Gasteiger partial charge in [0.15, 0.2) is 5.82 Å². The smallest absolute Gasteiger partial charge is 0.245 e. The molecule has 1 heterocycles. The monoisotopic (exact) mass is 490 g/mol. The van der Waals surface area contributed by atoms with Crippen molar-refractivity contribution in [1.29, 1.82) is 0 Å². The average molecular weight is 491 g/mol. The molecule has 1 unspecified atom stereocenters. The van der Waals surface area contributed by atoms with Crippen LogP contribution in [0, 0.1) is 6.92 Å². The van der Waals surface area contributed by atoms with Gasteiger partial charge in [0, 0.05) is 12.1 Å². The molecule has 7 heteroatoms. The Hall–Kier alpha value is -3.45. The van der Waals surface area contributed by atoms with Crippen LogP contribution in [0.4, 0.5) is 5.82 Å². The number of anilines is 1. The summed E-state index contributed by atoms with van der Waals surface area (Å²) in [5.41, 5.74) is 1.81. The molecule has 2 aromatic carbocycles. The summed E-state index contributed by atoms with van der Waals surface area (Å²) in [5, 5.41) is 6.62. The van der Waals surface area contributed by atoms with Crippen LogP contribution in [0.1, 0.15) is 56.4 Å². The lowest BCUT2D eigenvalue weighted by atomic mass is 9.89. The van der Waals surface area contributed by atoms with Crippen molar-refractivity contribution >= 4 is 17.6 Å². The molecule has 3 rings (SSSR count). The molecule has 0 aliphatic carbocycles. The van der Waals surface area contributed by atoms with Crippen LogP contribution in [0.15, 0.2) is 71.3 Å². The van der Waals surface area contributed by atoms with Gasteiger partial charge in [0.1, 0.15) is 12.3 Å². The molecule has 192 valence electrons. The molecular formula is C29H38N4O3. The van der Waals surface area contributed by atoms with Gasteiger partial charge >= 0.3 is 0 Å². The van der Waals surface area contributed by atoms with E-state index in [9.17, 15) is 9.59 Å². The van der Waals surface area contributed by atoms with Crippen molar-refractivity contribution in [3.63, 3.8) is 0 Å². The van der Waals surface area contributed by atoms with Gasteiger partial charge in [0.25, 0.3) is 0 Å². The highest BCUT2D eigenvalue weighted by atomic mass is 16.5. The van der Waals surface area contributed by atoms with Gasteiger partial charge in [-0.05, 0) is 57.5 Å². The van der Waals surface area contributed by atoms with E-state index in [2.05, 4.69) is 29.2 Å². The third-order valence-corrected chi connectivity index (χ3v) is 6.53. The summed E-state index contributed by atoms with van der Waals surface area (Å²) in [7, 11) is 0. The summed E-state index contributed by atoms with van der Waals surface area (Å²) in [4.78, 5) is 31.3. The molecule has 1 aromatic heterocycles. The second-order valence-electron chi connectivity index (χ2n) is 9.11. The van der Waals surface area contributed by atoms with Crippen molar-refractivity contribution in [2.24, 2.45) is 0 Å². The molecule has 1 N–H and O–H groups in total. The molecule has 0 bridgehead atoms. The number of nitrogens with zero attached hydrogens (tertiary/aromatic N) is 3. The minimum absolute atomic E-state index is 0.0622. The van der Waals surface area contributed by atoms with Crippen molar-refractivity contribution < 1.29 is 14.1 Å². The molecule has 2 amide bonds. The zero-order chi connectivity index (χ0) is 25.9. The molecule has 0 aliphatic rings. The molecule has 0 aliphatic heterocycles. The van der Waals surface area contributed by atoms with Crippen LogP contribution in [0.5, 0.6) is 0 Å². The quantitative estimate of drug-likeness (QED) is 0.361. The molecule has 0 saturated carbocycles. The summed E-state index contributed by atoms with van der Waals surface area (Å²) in [6, 6.07) is 21.1. The maximum Gasteiger partial charge on any atom is 0.245 e. The number of rotatable bonds is 13. The van der Waals surface area contributed by atoms with Gasteiger partial charge in [-0.2, -0.15) is 0 Å². The first-order chi connectivity index (χ1) is 17.4. The number of benzene rings is 2. The Kier molecular flexibility index (Phi) is 10.2. The Morgan fingerprint density at radius 2 is 1.56 bits per heavy atom. The minimum atomic E-state index is -0.500. The van der Waals surface area contributed by atoms with E-state index in [1.807, 2.05) is 67.6 Å². The van der Waals surface area contributed by atoms with E-state index in [-0.39, 0.29) is 24.4 Å². The van der Waals surface area contributed by atoms with Crippen LogP contribution in [-0.2, 0) is 9.59 Å². The van der Waals surface area contributed by atoms with Crippen LogP contribution in [0.2, 0.25) is 0 Å². The van der Waals surface area contributed by atoms with Gasteiger partial charge in [0.05, 0.1) is 5.92 Å². The van der Waals surface area contributed by atoms with Gasteiger partial charge in [0.2, 0.25) is 11.8 Å². The molecule has 0 fully saturated rings. The second kappa shape index (κ2) is 13.6. The van der Waals surface area contributed by atoms with E-state index in [0.29, 0.717) is 11.6 Å². The van der Waals surface area contributed by atoms with Crippen molar-refractivity contribution in [2.75, 3.05) is 31.5 Å². The van der Waals surface area contributed by atoms with Crippen LogP contribution in [0.25, 0.3) is 0 Å². The molecule has 0 radical (unpaired) electrons. The Morgan fingerprint density at radius 3 is 2.06 bits per heavy atom. The first-order valence-corrected chi connectivity index (χ1v) is 12.8. The fraction of sp³-hybridized carbons (Fsp3) is 0.414. The van der Waals surface area contributed by atoms with Crippen LogP contribution < -0.4 is 5.32 Å². The summed E-state index contributed by atoms with van der Waals surface area (Å²) in [5.74, 6) is 0.0686. The molecule has 3 aromatic rings. The van der Waals surface area contributed by atoms with Crippen molar-refractivity contribution in [1.82, 2.24) is 15.0 Å². The maximum absolute atomic E-state index is 14.2. The van der Waals surface area contributed by atoms with Crippen molar-refractivity contribution in [3.05, 3.63) is 83.6 Å². The Morgan fingerprint density at radius 1 is 0.972 bits per heavy atom. The second-order valence-corrected chi connectivity index (χ2v) is 9.11. The lowest BCUT2D eigenvalue weighted by Crippen LogP contribution is -2.46. The average Bonchev–Trinajstić information content (AvgIpc) is 3.30. The predicted molar refractivity (Wildman–Crippen MR) is 143 cm³/mol. The van der Waals surface area contributed by atoms with E-state index in [0.717, 1.165) is 43.6 Å². The molecule has 1 atom stereocenters. The summed E-state index contributed by atoms with van der Waals surface area (Å²) >= 11 is 0. The highest BCUT2D eigenvalue weighted by molar-refractivity contribution is 5.96. The van der Waals surface area contributed by atoms with Gasteiger partial charge < -0.3 is 19.6 Å². The Bertz CT molecular complexity index is 1040. The number of carbonyl (C=O) groups excluding carboxylic acids is 2. The van der Waals surface area contributed by atoms with Gasteiger partial charge in [-0.3, -0.25) is 9.59 Å². The van der Waals surface area contributed by atoms with Gasteiger partial charge in [-0.25, -0.2) is 0 Å². The minimum Gasteiger partial charge on any atom is -0.360 e. The number of aryl methyl sites for hydroxylation is 1. The first kappa shape index (κ1) is 27.1. The SMILES string of the molecule is CCN(CC)CCCC(C)N(CC(=O)Nc1cc(C)on1)C(=O)C(c1ccccc1)c1ccccc1. The van der Waals surface area contributed by atoms with E-state index in [1.54, 1.807) is 17.9 Å². The molecule has 36 heavy (non-hydrogen) atoms. The third kappa shape index (κ3) is 7.52. The number of amides is 2. The summed E-state index contributed by atoms with van der Waals surface area (Å²) in [6.07, 6.45) is 1.74. The van der Waals surface area contributed by atoms with Crippen LogP contribution >= 0.6 is 0 Å². The van der Waals surface area contributed by atoms with E-state index >= 15 is 0 Å². The standard InChI is InChI=1S/C29H38N4O3/c1-5-32(6-2)19-13-14-22(3)33(21-27(34)30-26-20-23(4)36-31-26)29(35)28(24-15-9-7-10-16-24)25-17-11-8-12-18-25/h7-12,15-18,20,22,28H,5-6,13-14,19,21H2,1-4H3,(H,30,31,34).